The zero-order valence-electron chi connectivity index (χ0n) is 16.9. The second-order valence-corrected chi connectivity index (χ2v) is 8.48. The zero-order chi connectivity index (χ0) is 20.4. The minimum atomic E-state index is -0.270. The molecule has 1 saturated heterocycles. The largest absolute Gasteiger partial charge is 0.305 e. The summed E-state index contributed by atoms with van der Waals surface area (Å²) >= 11 is 1.68. The van der Waals surface area contributed by atoms with E-state index in [1.165, 1.54) is 0 Å². The summed E-state index contributed by atoms with van der Waals surface area (Å²) in [6.07, 6.45) is 5.05. The van der Waals surface area contributed by atoms with Crippen LogP contribution in [0.2, 0.25) is 0 Å². The molecular formula is C20H25N7OS. The molecule has 1 unspecified atom stereocenters. The number of amides is 1. The Labute approximate surface area is 174 Å². The fourth-order valence-corrected chi connectivity index (χ4v) is 4.29. The second kappa shape index (κ2) is 8.38. The minimum Gasteiger partial charge on any atom is -0.305 e. The normalized spacial score (nSPS) is 17.4. The van der Waals surface area contributed by atoms with Crippen LogP contribution in [-0.4, -0.2) is 42.1 Å². The van der Waals surface area contributed by atoms with Gasteiger partial charge >= 0.3 is 0 Å². The van der Waals surface area contributed by atoms with Crippen molar-refractivity contribution in [2.24, 2.45) is 7.05 Å². The standard InChI is InChI=1S/C20H25N7OS/c1-13-10-18(24-20(28)16-7-9-26(3)25-16)23-19(21-13)17-6-4-5-8-27(17)11-15-12-29-14(2)22-15/h7,9-10,12,17H,4-6,8,11H2,1-3H3,(H,21,23,24,28). The molecule has 0 saturated carbocycles. The number of nitrogens with one attached hydrogen (secondary N) is 1. The van der Waals surface area contributed by atoms with Crippen LogP contribution >= 0.6 is 11.3 Å². The van der Waals surface area contributed by atoms with Gasteiger partial charge in [-0.15, -0.1) is 11.3 Å². The third-order valence-corrected chi connectivity index (χ3v) is 5.83. The molecule has 1 N–H and O–H groups in total. The van der Waals surface area contributed by atoms with E-state index in [1.54, 1.807) is 41.4 Å². The van der Waals surface area contributed by atoms with Gasteiger partial charge in [0.25, 0.3) is 5.91 Å². The Balaban J connectivity index is 1.55. The highest BCUT2D eigenvalue weighted by molar-refractivity contribution is 7.09. The first-order valence-electron chi connectivity index (χ1n) is 9.79. The maximum atomic E-state index is 12.5. The van der Waals surface area contributed by atoms with Crippen LogP contribution in [0.5, 0.6) is 0 Å². The molecule has 8 nitrogen and oxygen atoms in total. The lowest BCUT2D eigenvalue weighted by molar-refractivity contribution is 0.102. The monoisotopic (exact) mass is 411 g/mol. The highest BCUT2D eigenvalue weighted by Crippen LogP contribution is 2.31. The lowest BCUT2D eigenvalue weighted by atomic mass is 10.0. The van der Waals surface area contributed by atoms with E-state index in [1.807, 2.05) is 13.8 Å². The van der Waals surface area contributed by atoms with Crippen LogP contribution in [0.1, 0.15) is 58.0 Å². The maximum absolute atomic E-state index is 12.5. The van der Waals surface area contributed by atoms with Gasteiger partial charge < -0.3 is 5.32 Å². The van der Waals surface area contributed by atoms with Gasteiger partial charge in [-0.25, -0.2) is 15.0 Å². The van der Waals surface area contributed by atoms with Crippen LogP contribution in [0, 0.1) is 13.8 Å². The number of likely N-dealkylation sites (tertiary alicyclic amines) is 1. The molecule has 1 fully saturated rings. The number of rotatable bonds is 5. The van der Waals surface area contributed by atoms with Crippen molar-refractivity contribution in [3.05, 3.63) is 51.6 Å². The van der Waals surface area contributed by atoms with E-state index >= 15 is 0 Å². The second-order valence-electron chi connectivity index (χ2n) is 7.42. The highest BCUT2D eigenvalue weighted by Gasteiger charge is 2.27. The van der Waals surface area contributed by atoms with Crippen LogP contribution in [-0.2, 0) is 13.6 Å². The summed E-state index contributed by atoms with van der Waals surface area (Å²) in [4.78, 5) is 28.9. The fourth-order valence-electron chi connectivity index (χ4n) is 3.68. The van der Waals surface area contributed by atoms with Crippen LogP contribution in [0.3, 0.4) is 0 Å². The van der Waals surface area contributed by atoms with Crippen LogP contribution in [0.25, 0.3) is 0 Å². The summed E-state index contributed by atoms with van der Waals surface area (Å²) in [6, 6.07) is 3.60. The number of hydrogen-bond donors (Lipinski definition) is 1. The van der Waals surface area contributed by atoms with Gasteiger partial charge in [0.15, 0.2) is 5.69 Å². The van der Waals surface area contributed by atoms with E-state index in [4.69, 9.17) is 4.98 Å². The van der Waals surface area contributed by atoms with E-state index in [-0.39, 0.29) is 11.9 Å². The topological polar surface area (TPSA) is 88.8 Å². The van der Waals surface area contributed by atoms with Gasteiger partial charge in [0.05, 0.1) is 16.7 Å². The first-order chi connectivity index (χ1) is 14.0. The number of piperidine rings is 1. The number of anilines is 1. The minimum absolute atomic E-state index is 0.121. The number of aromatic nitrogens is 5. The average molecular weight is 412 g/mol. The molecule has 0 spiro atoms. The number of thiazole rings is 1. The number of hydrogen-bond acceptors (Lipinski definition) is 7. The van der Waals surface area contributed by atoms with E-state index < -0.39 is 0 Å². The predicted octanol–water partition coefficient (Wildman–Crippen LogP) is 3.26. The summed E-state index contributed by atoms with van der Waals surface area (Å²) in [7, 11) is 1.78. The van der Waals surface area contributed by atoms with Crippen LogP contribution in [0.4, 0.5) is 5.82 Å². The fraction of sp³-hybridized carbons (Fsp3) is 0.450. The summed E-state index contributed by atoms with van der Waals surface area (Å²) in [5.41, 5.74) is 2.29. The molecule has 9 heteroatoms. The molecule has 3 aromatic heterocycles. The van der Waals surface area contributed by atoms with E-state index in [2.05, 4.69) is 30.7 Å². The summed E-state index contributed by atoms with van der Waals surface area (Å²) in [5, 5.41) is 10.2. The number of nitrogens with zero attached hydrogens (tertiary/aromatic N) is 6. The third kappa shape index (κ3) is 4.68. The highest BCUT2D eigenvalue weighted by atomic mass is 32.1. The molecule has 1 aliphatic heterocycles. The molecule has 152 valence electrons. The van der Waals surface area contributed by atoms with Gasteiger partial charge in [-0.3, -0.25) is 14.4 Å². The molecule has 29 heavy (non-hydrogen) atoms. The molecular weight excluding hydrogens is 386 g/mol. The van der Waals surface area contributed by atoms with E-state index in [0.29, 0.717) is 11.5 Å². The first-order valence-corrected chi connectivity index (χ1v) is 10.7. The molecule has 0 aliphatic carbocycles. The Bertz CT molecular complexity index is 1010. The van der Waals surface area contributed by atoms with Crippen molar-refractivity contribution in [3.8, 4) is 0 Å². The Morgan fingerprint density at radius 2 is 2.14 bits per heavy atom. The lowest BCUT2D eigenvalue weighted by Crippen LogP contribution is -2.34. The van der Waals surface area contributed by atoms with Gasteiger partial charge in [-0.1, -0.05) is 6.42 Å². The molecule has 3 aromatic rings. The smallest absolute Gasteiger partial charge is 0.277 e. The van der Waals surface area contributed by atoms with Gasteiger partial charge in [0.1, 0.15) is 11.6 Å². The molecule has 0 bridgehead atoms. The molecule has 4 heterocycles. The average Bonchev–Trinajstić information content (AvgIpc) is 3.30. The van der Waals surface area contributed by atoms with Gasteiger partial charge in [0, 0.05) is 36.9 Å². The Morgan fingerprint density at radius 3 is 2.86 bits per heavy atom. The van der Waals surface area contributed by atoms with Crippen LogP contribution < -0.4 is 5.32 Å². The lowest BCUT2D eigenvalue weighted by Gasteiger charge is -2.34. The summed E-state index contributed by atoms with van der Waals surface area (Å²) < 4.78 is 1.60. The summed E-state index contributed by atoms with van der Waals surface area (Å²) in [5.74, 6) is 0.999. The quantitative estimate of drug-likeness (QED) is 0.693. The molecule has 1 atom stereocenters. The van der Waals surface area contributed by atoms with Crippen molar-refractivity contribution < 1.29 is 4.79 Å². The maximum Gasteiger partial charge on any atom is 0.277 e. The number of carbonyl (C=O) groups excluding carboxylic acids is 1. The number of aryl methyl sites for hydroxylation is 3. The molecule has 4 rings (SSSR count). The van der Waals surface area contributed by atoms with Gasteiger partial charge in [-0.05, 0) is 39.3 Å². The molecule has 0 radical (unpaired) electrons. The van der Waals surface area contributed by atoms with Gasteiger partial charge in [-0.2, -0.15) is 5.10 Å². The Hall–Kier alpha value is -2.65. The third-order valence-electron chi connectivity index (χ3n) is 5.00. The Morgan fingerprint density at radius 1 is 1.28 bits per heavy atom. The first kappa shape index (κ1) is 19.7. The van der Waals surface area contributed by atoms with Crippen molar-refractivity contribution in [1.82, 2.24) is 29.6 Å². The van der Waals surface area contributed by atoms with Crippen molar-refractivity contribution >= 4 is 23.1 Å². The van der Waals surface area contributed by atoms with Crippen molar-refractivity contribution in [2.75, 3.05) is 11.9 Å². The molecule has 0 aromatic carbocycles. The zero-order valence-corrected chi connectivity index (χ0v) is 17.7. The van der Waals surface area contributed by atoms with E-state index in [9.17, 15) is 4.79 Å². The van der Waals surface area contributed by atoms with Gasteiger partial charge in [0.2, 0.25) is 0 Å². The predicted molar refractivity (Wildman–Crippen MR) is 112 cm³/mol. The summed E-state index contributed by atoms with van der Waals surface area (Å²) in [6.45, 7) is 5.75. The van der Waals surface area contributed by atoms with Crippen molar-refractivity contribution in [1.29, 1.82) is 0 Å². The number of carbonyl (C=O) groups is 1. The molecule has 1 aliphatic rings. The Kier molecular flexibility index (Phi) is 5.68. The molecule has 1 amide bonds. The van der Waals surface area contributed by atoms with Crippen molar-refractivity contribution in [2.45, 2.75) is 45.7 Å². The van der Waals surface area contributed by atoms with E-state index in [0.717, 1.165) is 54.6 Å². The van der Waals surface area contributed by atoms with Crippen molar-refractivity contribution in [3.63, 3.8) is 0 Å². The SMILES string of the molecule is Cc1cc(NC(=O)c2ccn(C)n2)nc(C2CCCCN2Cc2csc(C)n2)n1. The van der Waals surface area contributed by atoms with Crippen LogP contribution in [0.15, 0.2) is 23.7 Å².